The van der Waals surface area contributed by atoms with Crippen molar-refractivity contribution in [2.24, 2.45) is 0 Å². The van der Waals surface area contributed by atoms with Crippen molar-refractivity contribution < 1.29 is 13.2 Å². The lowest BCUT2D eigenvalue weighted by Gasteiger charge is -2.36. The van der Waals surface area contributed by atoms with Crippen LogP contribution in [0.5, 0.6) is 0 Å². The Morgan fingerprint density at radius 1 is 1.11 bits per heavy atom. The van der Waals surface area contributed by atoms with Crippen LogP contribution >= 0.6 is 0 Å². The number of carbonyl (C=O) groups is 1. The predicted molar refractivity (Wildman–Crippen MR) is 108 cm³/mol. The van der Waals surface area contributed by atoms with E-state index in [0.29, 0.717) is 25.2 Å². The van der Waals surface area contributed by atoms with E-state index in [0.717, 1.165) is 23.8 Å². The number of hydrogen-bond donors (Lipinski definition) is 0. The molecular formula is C21H26N2O3S. The van der Waals surface area contributed by atoms with E-state index in [4.69, 9.17) is 0 Å². The predicted octanol–water partition coefficient (Wildman–Crippen LogP) is 3.12. The molecule has 0 bridgehead atoms. The summed E-state index contributed by atoms with van der Waals surface area (Å²) in [6.45, 7) is 4.93. The van der Waals surface area contributed by atoms with Gasteiger partial charge in [0.25, 0.3) is 0 Å². The number of benzene rings is 2. The molecule has 0 radical (unpaired) electrons. The Morgan fingerprint density at radius 3 is 2.33 bits per heavy atom. The van der Waals surface area contributed by atoms with E-state index in [2.05, 4.69) is 6.07 Å². The molecule has 3 rings (SSSR count). The van der Waals surface area contributed by atoms with E-state index in [-0.39, 0.29) is 5.91 Å². The zero-order valence-electron chi connectivity index (χ0n) is 16.1. The molecule has 1 amide bonds. The van der Waals surface area contributed by atoms with Gasteiger partial charge in [0, 0.05) is 13.1 Å². The van der Waals surface area contributed by atoms with Crippen LogP contribution in [0.2, 0.25) is 0 Å². The summed E-state index contributed by atoms with van der Waals surface area (Å²) in [4.78, 5) is 15.1. The van der Waals surface area contributed by atoms with E-state index in [1.807, 2.05) is 44.2 Å². The Bertz CT molecular complexity index is 923. The minimum absolute atomic E-state index is 0.141. The fraction of sp³-hybridized carbons (Fsp3) is 0.381. The van der Waals surface area contributed by atoms with Crippen molar-refractivity contribution in [3.05, 3.63) is 65.2 Å². The third-order valence-electron chi connectivity index (χ3n) is 5.04. The number of hydrogen-bond acceptors (Lipinski definition) is 3. The molecule has 2 aromatic rings. The second kappa shape index (κ2) is 7.72. The highest BCUT2D eigenvalue weighted by molar-refractivity contribution is 7.92. The van der Waals surface area contributed by atoms with Crippen LogP contribution in [0.25, 0.3) is 0 Å². The molecule has 0 aliphatic carbocycles. The van der Waals surface area contributed by atoms with Gasteiger partial charge in [-0.05, 0) is 43.0 Å². The van der Waals surface area contributed by atoms with Crippen molar-refractivity contribution >= 4 is 21.6 Å². The summed E-state index contributed by atoms with van der Waals surface area (Å²) in [6, 6.07) is 14.6. The maximum absolute atomic E-state index is 13.3. The normalized spacial score (nSPS) is 15.1. The molecule has 1 heterocycles. The number of anilines is 1. The molecule has 0 saturated carbocycles. The van der Waals surface area contributed by atoms with Crippen molar-refractivity contribution in [3.8, 4) is 0 Å². The minimum Gasteiger partial charge on any atom is -0.336 e. The molecule has 5 nitrogen and oxygen atoms in total. The zero-order chi connectivity index (χ0) is 19.6. The van der Waals surface area contributed by atoms with Crippen LogP contribution in [0.4, 0.5) is 5.69 Å². The van der Waals surface area contributed by atoms with E-state index < -0.39 is 16.1 Å². The number of fused-ring (bicyclic) bond motifs is 1. The summed E-state index contributed by atoms with van der Waals surface area (Å²) in [7, 11) is -3.60. The van der Waals surface area contributed by atoms with Gasteiger partial charge in [0.2, 0.25) is 15.9 Å². The molecule has 144 valence electrons. The lowest BCUT2D eigenvalue weighted by Crippen LogP contribution is -2.51. The van der Waals surface area contributed by atoms with Crippen LogP contribution < -0.4 is 4.31 Å². The van der Waals surface area contributed by atoms with Gasteiger partial charge in [-0.15, -0.1) is 0 Å². The van der Waals surface area contributed by atoms with Gasteiger partial charge in [-0.2, -0.15) is 0 Å². The smallest absolute Gasteiger partial charge is 0.246 e. The highest BCUT2D eigenvalue weighted by Gasteiger charge is 2.35. The van der Waals surface area contributed by atoms with Gasteiger partial charge >= 0.3 is 0 Å². The molecule has 0 fully saturated rings. The molecule has 0 aromatic heterocycles. The van der Waals surface area contributed by atoms with Crippen LogP contribution in [0.15, 0.2) is 48.5 Å². The fourth-order valence-electron chi connectivity index (χ4n) is 3.63. The fourth-order valence-corrected chi connectivity index (χ4v) is 4.84. The van der Waals surface area contributed by atoms with Gasteiger partial charge in [-0.1, -0.05) is 48.9 Å². The molecule has 1 aliphatic rings. The Hall–Kier alpha value is -2.34. The van der Waals surface area contributed by atoms with Gasteiger partial charge in [-0.3, -0.25) is 9.10 Å². The van der Waals surface area contributed by atoms with Gasteiger partial charge in [-0.25, -0.2) is 8.42 Å². The number of rotatable bonds is 5. The third-order valence-corrected chi connectivity index (χ3v) is 6.22. The van der Waals surface area contributed by atoms with Gasteiger partial charge in [0.1, 0.15) is 6.04 Å². The molecule has 1 atom stereocenters. The molecule has 0 unspecified atom stereocenters. The summed E-state index contributed by atoms with van der Waals surface area (Å²) < 4.78 is 26.4. The van der Waals surface area contributed by atoms with Crippen LogP contribution in [-0.2, 0) is 27.8 Å². The molecule has 0 N–H and O–H groups in total. The highest BCUT2D eigenvalue weighted by atomic mass is 32.2. The first-order valence-electron chi connectivity index (χ1n) is 9.23. The van der Waals surface area contributed by atoms with Crippen LogP contribution in [0, 0.1) is 6.92 Å². The Balaban J connectivity index is 1.91. The standard InChI is InChI=1S/C21H26N2O3S/c1-4-20(23(27(3,25)26)19-11-9-16(2)10-12-19)21(24)22-14-13-17-7-5-6-8-18(17)15-22/h5-12,20H,4,13-15H2,1-3H3/t20-/m1/s1. The van der Waals surface area contributed by atoms with E-state index in [9.17, 15) is 13.2 Å². The average Bonchev–Trinajstić information content (AvgIpc) is 2.65. The summed E-state index contributed by atoms with van der Waals surface area (Å²) in [6.07, 6.45) is 2.37. The van der Waals surface area contributed by atoms with Gasteiger partial charge in [0.15, 0.2) is 0 Å². The lowest BCUT2D eigenvalue weighted by atomic mass is 9.99. The van der Waals surface area contributed by atoms with Crippen molar-refractivity contribution in [2.75, 3.05) is 17.1 Å². The summed E-state index contributed by atoms with van der Waals surface area (Å²) in [5.74, 6) is -0.141. The van der Waals surface area contributed by atoms with Crippen molar-refractivity contribution in [3.63, 3.8) is 0 Å². The highest BCUT2D eigenvalue weighted by Crippen LogP contribution is 2.26. The Morgan fingerprint density at radius 2 is 1.74 bits per heavy atom. The van der Waals surface area contributed by atoms with E-state index in [1.54, 1.807) is 17.0 Å². The largest absolute Gasteiger partial charge is 0.336 e. The van der Waals surface area contributed by atoms with Crippen molar-refractivity contribution in [2.45, 2.75) is 39.3 Å². The third kappa shape index (κ3) is 4.16. The number of sulfonamides is 1. The van der Waals surface area contributed by atoms with Gasteiger partial charge in [0.05, 0.1) is 11.9 Å². The SMILES string of the molecule is CC[C@H](C(=O)N1CCc2ccccc2C1)N(c1ccc(C)cc1)S(C)(=O)=O. The molecule has 0 spiro atoms. The van der Waals surface area contributed by atoms with E-state index in [1.165, 1.54) is 9.87 Å². The molecular weight excluding hydrogens is 360 g/mol. The van der Waals surface area contributed by atoms with Crippen molar-refractivity contribution in [1.29, 1.82) is 0 Å². The quantitative estimate of drug-likeness (QED) is 0.793. The zero-order valence-corrected chi connectivity index (χ0v) is 16.9. The number of amides is 1. The minimum atomic E-state index is -3.60. The summed E-state index contributed by atoms with van der Waals surface area (Å²) >= 11 is 0. The van der Waals surface area contributed by atoms with E-state index >= 15 is 0 Å². The van der Waals surface area contributed by atoms with Gasteiger partial charge < -0.3 is 4.90 Å². The second-order valence-electron chi connectivity index (χ2n) is 7.10. The number of carbonyl (C=O) groups excluding carboxylic acids is 1. The van der Waals surface area contributed by atoms with Crippen molar-refractivity contribution in [1.82, 2.24) is 4.90 Å². The van der Waals surface area contributed by atoms with Crippen LogP contribution in [0.1, 0.15) is 30.0 Å². The number of aryl methyl sites for hydroxylation is 1. The average molecular weight is 387 g/mol. The maximum atomic E-state index is 13.3. The first-order valence-corrected chi connectivity index (χ1v) is 11.1. The molecule has 27 heavy (non-hydrogen) atoms. The molecule has 2 aromatic carbocycles. The first kappa shape index (κ1) is 19.4. The summed E-state index contributed by atoms with van der Waals surface area (Å²) in [5.41, 5.74) is 3.96. The topological polar surface area (TPSA) is 57.7 Å². The lowest BCUT2D eigenvalue weighted by molar-refractivity contribution is -0.133. The van der Waals surface area contributed by atoms with Crippen LogP contribution in [-0.4, -0.2) is 38.1 Å². The molecule has 6 heteroatoms. The first-order chi connectivity index (χ1) is 12.8. The second-order valence-corrected chi connectivity index (χ2v) is 8.96. The maximum Gasteiger partial charge on any atom is 0.246 e. The molecule has 1 aliphatic heterocycles. The van der Waals surface area contributed by atoms with Crippen LogP contribution in [0.3, 0.4) is 0 Å². The monoisotopic (exact) mass is 386 g/mol. The molecule has 0 saturated heterocycles. The number of nitrogens with zero attached hydrogens (tertiary/aromatic N) is 2. The Labute approximate surface area is 161 Å². The summed E-state index contributed by atoms with van der Waals surface area (Å²) in [5, 5.41) is 0. The Kier molecular flexibility index (Phi) is 5.56.